The summed E-state index contributed by atoms with van der Waals surface area (Å²) in [5.74, 6) is 0.355. The predicted molar refractivity (Wildman–Crippen MR) is 86.4 cm³/mol. The molecule has 1 aromatic carbocycles. The van der Waals surface area contributed by atoms with E-state index in [0.29, 0.717) is 0 Å². The van der Waals surface area contributed by atoms with Crippen LogP contribution >= 0.6 is 15.9 Å². The molecule has 0 spiro atoms. The van der Waals surface area contributed by atoms with Gasteiger partial charge in [-0.2, -0.15) is 0 Å². The van der Waals surface area contributed by atoms with Gasteiger partial charge in [-0.3, -0.25) is 4.79 Å². The van der Waals surface area contributed by atoms with Gasteiger partial charge in [0.25, 0.3) is 0 Å². The number of carbonyl (C=O) groups excluding carboxylic acids is 1. The summed E-state index contributed by atoms with van der Waals surface area (Å²) in [5, 5.41) is 3.19. The van der Waals surface area contributed by atoms with Crippen molar-refractivity contribution in [2.75, 3.05) is 0 Å². The molecule has 2 atom stereocenters. The third-order valence-electron chi connectivity index (χ3n) is 4.53. The molecule has 1 N–H and O–H groups in total. The zero-order chi connectivity index (χ0) is 14.8. The minimum absolute atomic E-state index is 0.0535. The van der Waals surface area contributed by atoms with Gasteiger partial charge in [-0.05, 0) is 42.9 Å². The Balaban J connectivity index is 2.03. The number of hydrogen-bond acceptors (Lipinski definition) is 1. The van der Waals surface area contributed by atoms with Crippen molar-refractivity contribution >= 4 is 21.8 Å². The zero-order valence-electron chi connectivity index (χ0n) is 12.6. The molecule has 0 bridgehead atoms. The van der Waals surface area contributed by atoms with Crippen LogP contribution in [0, 0.1) is 11.3 Å². The summed E-state index contributed by atoms with van der Waals surface area (Å²) in [6.07, 6.45) is 4.59. The Morgan fingerprint density at radius 1 is 1.40 bits per heavy atom. The van der Waals surface area contributed by atoms with E-state index < -0.39 is 0 Å². The average Bonchev–Trinajstić information content (AvgIpc) is 2.37. The number of amides is 1. The smallest absolute Gasteiger partial charge is 0.224 e. The average molecular weight is 338 g/mol. The maximum atomic E-state index is 12.6. The van der Waals surface area contributed by atoms with Gasteiger partial charge in [0.1, 0.15) is 0 Å². The lowest BCUT2D eigenvalue weighted by molar-refractivity contribution is -0.130. The molecular formula is C17H24BrNO. The first kappa shape index (κ1) is 15.6. The second-order valence-corrected chi connectivity index (χ2v) is 7.49. The summed E-state index contributed by atoms with van der Waals surface area (Å²) in [6, 6.07) is 8.19. The van der Waals surface area contributed by atoms with Crippen LogP contribution in [0.5, 0.6) is 0 Å². The van der Waals surface area contributed by atoms with Crippen molar-refractivity contribution in [1.82, 2.24) is 5.32 Å². The molecule has 1 amide bonds. The van der Waals surface area contributed by atoms with Crippen molar-refractivity contribution in [3.63, 3.8) is 0 Å². The number of hydrogen-bond donors (Lipinski definition) is 1. The van der Waals surface area contributed by atoms with Crippen LogP contribution in [0.1, 0.15) is 58.1 Å². The topological polar surface area (TPSA) is 29.1 Å². The van der Waals surface area contributed by atoms with Gasteiger partial charge in [-0.1, -0.05) is 54.8 Å². The SMILES string of the molecule is CC(NC(=O)C1CCCCC1(C)C)c1cccc(Br)c1. The first-order valence-corrected chi connectivity index (χ1v) is 8.25. The zero-order valence-corrected chi connectivity index (χ0v) is 14.2. The van der Waals surface area contributed by atoms with Crippen LogP contribution in [0.3, 0.4) is 0 Å². The van der Waals surface area contributed by atoms with Gasteiger partial charge in [0.2, 0.25) is 5.91 Å². The van der Waals surface area contributed by atoms with E-state index in [1.165, 1.54) is 12.8 Å². The minimum Gasteiger partial charge on any atom is -0.349 e. The van der Waals surface area contributed by atoms with Crippen molar-refractivity contribution in [2.24, 2.45) is 11.3 Å². The van der Waals surface area contributed by atoms with Crippen molar-refractivity contribution < 1.29 is 4.79 Å². The van der Waals surface area contributed by atoms with E-state index in [9.17, 15) is 4.79 Å². The molecular weight excluding hydrogens is 314 g/mol. The largest absolute Gasteiger partial charge is 0.349 e. The second-order valence-electron chi connectivity index (χ2n) is 6.57. The van der Waals surface area contributed by atoms with E-state index in [2.05, 4.69) is 54.2 Å². The quantitative estimate of drug-likeness (QED) is 0.839. The van der Waals surface area contributed by atoms with Gasteiger partial charge in [0, 0.05) is 10.4 Å². The third-order valence-corrected chi connectivity index (χ3v) is 5.02. The van der Waals surface area contributed by atoms with E-state index in [-0.39, 0.29) is 23.3 Å². The van der Waals surface area contributed by atoms with Crippen LogP contribution in [0.4, 0.5) is 0 Å². The Morgan fingerprint density at radius 3 is 2.80 bits per heavy atom. The molecule has 1 aliphatic rings. The van der Waals surface area contributed by atoms with Gasteiger partial charge >= 0.3 is 0 Å². The van der Waals surface area contributed by atoms with E-state index in [1.807, 2.05) is 12.1 Å². The fraction of sp³-hybridized carbons (Fsp3) is 0.588. The molecule has 20 heavy (non-hydrogen) atoms. The molecule has 0 aliphatic heterocycles. The highest BCUT2D eigenvalue weighted by Gasteiger charge is 2.37. The van der Waals surface area contributed by atoms with E-state index in [4.69, 9.17) is 0 Å². The fourth-order valence-electron chi connectivity index (χ4n) is 3.15. The Kier molecular flexibility index (Phi) is 4.90. The molecule has 0 saturated heterocycles. The maximum Gasteiger partial charge on any atom is 0.224 e. The highest BCUT2D eigenvalue weighted by Crippen LogP contribution is 2.40. The third kappa shape index (κ3) is 3.63. The van der Waals surface area contributed by atoms with Crippen LogP contribution in [-0.2, 0) is 4.79 Å². The van der Waals surface area contributed by atoms with Crippen molar-refractivity contribution in [1.29, 1.82) is 0 Å². The lowest BCUT2D eigenvalue weighted by atomic mass is 9.68. The normalized spacial score (nSPS) is 23.1. The van der Waals surface area contributed by atoms with Crippen LogP contribution in [0.25, 0.3) is 0 Å². The highest BCUT2D eigenvalue weighted by atomic mass is 79.9. The molecule has 2 unspecified atom stereocenters. The van der Waals surface area contributed by atoms with E-state index in [0.717, 1.165) is 22.9 Å². The molecule has 0 aromatic heterocycles. The molecule has 1 fully saturated rings. The van der Waals surface area contributed by atoms with Gasteiger partial charge in [-0.15, -0.1) is 0 Å². The molecule has 110 valence electrons. The van der Waals surface area contributed by atoms with E-state index >= 15 is 0 Å². The fourth-order valence-corrected chi connectivity index (χ4v) is 3.57. The highest BCUT2D eigenvalue weighted by molar-refractivity contribution is 9.10. The Labute approximate surface area is 130 Å². The molecule has 1 aliphatic carbocycles. The van der Waals surface area contributed by atoms with Crippen LogP contribution in [0.15, 0.2) is 28.7 Å². The predicted octanol–water partition coefficient (Wildman–Crippen LogP) is 4.84. The monoisotopic (exact) mass is 337 g/mol. The molecule has 0 heterocycles. The first-order chi connectivity index (χ1) is 9.40. The van der Waals surface area contributed by atoms with Crippen molar-refractivity contribution in [3.8, 4) is 0 Å². The summed E-state index contributed by atoms with van der Waals surface area (Å²) in [7, 11) is 0. The van der Waals surface area contributed by atoms with Gasteiger partial charge in [0.15, 0.2) is 0 Å². The lowest BCUT2D eigenvalue weighted by Gasteiger charge is -2.38. The van der Waals surface area contributed by atoms with Gasteiger partial charge in [0.05, 0.1) is 6.04 Å². The van der Waals surface area contributed by atoms with Gasteiger partial charge < -0.3 is 5.32 Å². The molecule has 2 rings (SSSR count). The Bertz CT molecular complexity index is 484. The van der Waals surface area contributed by atoms with Crippen LogP contribution < -0.4 is 5.32 Å². The van der Waals surface area contributed by atoms with Crippen molar-refractivity contribution in [2.45, 2.75) is 52.5 Å². The summed E-state index contributed by atoms with van der Waals surface area (Å²) < 4.78 is 1.05. The summed E-state index contributed by atoms with van der Waals surface area (Å²) in [6.45, 7) is 6.50. The Hall–Kier alpha value is -0.830. The standard InChI is InChI=1S/C17H24BrNO/c1-12(13-7-6-8-14(18)11-13)19-16(20)15-9-4-5-10-17(15,2)3/h6-8,11-12,15H,4-5,9-10H2,1-3H3,(H,19,20). The van der Waals surface area contributed by atoms with E-state index in [1.54, 1.807) is 0 Å². The molecule has 2 nitrogen and oxygen atoms in total. The second kappa shape index (κ2) is 6.30. The number of nitrogens with one attached hydrogen (secondary N) is 1. The first-order valence-electron chi connectivity index (χ1n) is 7.46. The lowest BCUT2D eigenvalue weighted by Crippen LogP contribution is -2.41. The van der Waals surface area contributed by atoms with Crippen LogP contribution in [-0.4, -0.2) is 5.91 Å². The number of carbonyl (C=O) groups is 1. The summed E-state index contributed by atoms with van der Waals surface area (Å²) in [5.41, 5.74) is 1.26. The van der Waals surface area contributed by atoms with Gasteiger partial charge in [-0.25, -0.2) is 0 Å². The summed E-state index contributed by atoms with van der Waals surface area (Å²) >= 11 is 3.48. The van der Waals surface area contributed by atoms with Crippen molar-refractivity contribution in [3.05, 3.63) is 34.3 Å². The Morgan fingerprint density at radius 2 is 2.15 bits per heavy atom. The molecule has 0 radical (unpaired) electrons. The molecule has 1 aromatic rings. The van der Waals surface area contributed by atoms with Crippen LogP contribution in [0.2, 0.25) is 0 Å². The molecule has 1 saturated carbocycles. The number of halogens is 1. The number of benzene rings is 1. The maximum absolute atomic E-state index is 12.6. The summed E-state index contributed by atoms with van der Waals surface area (Å²) in [4.78, 5) is 12.6. The number of rotatable bonds is 3. The minimum atomic E-state index is 0.0535. The molecule has 3 heteroatoms.